The van der Waals surface area contributed by atoms with Crippen LogP contribution in [0.4, 0.5) is 5.00 Å². The molecule has 0 spiro atoms. The summed E-state index contributed by atoms with van der Waals surface area (Å²) in [4.78, 5) is 19.8. The summed E-state index contributed by atoms with van der Waals surface area (Å²) in [6.07, 6.45) is 4.16. The van der Waals surface area contributed by atoms with Crippen LogP contribution in [-0.2, 0) is 11.2 Å². The number of aromatic amines is 1. The Hall–Kier alpha value is -2.96. The van der Waals surface area contributed by atoms with Crippen molar-refractivity contribution in [2.75, 3.05) is 5.32 Å². The van der Waals surface area contributed by atoms with E-state index in [1.807, 2.05) is 60.1 Å². The molecule has 3 heterocycles. The highest BCUT2D eigenvalue weighted by atomic mass is 32.1. The van der Waals surface area contributed by atoms with Gasteiger partial charge in [-0.3, -0.25) is 4.79 Å². The molecule has 0 fully saturated rings. The molecule has 6 heteroatoms. The van der Waals surface area contributed by atoms with Crippen molar-refractivity contribution in [3.05, 3.63) is 71.9 Å². The van der Waals surface area contributed by atoms with Gasteiger partial charge in [0, 0.05) is 23.2 Å². The lowest BCUT2D eigenvalue weighted by Crippen LogP contribution is -2.37. The summed E-state index contributed by atoms with van der Waals surface area (Å²) < 4.78 is 0. The molecular formula is C20H18N4OS. The molecule has 1 atom stereocenters. The van der Waals surface area contributed by atoms with Crippen molar-refractivity contribution in [3.63, 3.8) is 0 Å². The van der Waals surface area contributed by atoms with Crippen molar-refractivity contribution < 1.29 is 4.79 Å². The Balaban J connectivity index is 1.48. The van der Waals surface area contributed by atoms with Gasteiger partial charge in [0.15, 0.2) is 0 Å². The number of aromatic nitrogens is 2. The van der Waals surface area contributed by atoms with E-state index in [9.17, 15) is 4.79 Å². The highest BCUT2D eigenvalue weighted by Gasteiger charge is 2.16. The third-order valence-corrected chi connectivity index (χ3v) is 5.10. The van der Waals surface area contributed by atoms with Crippen LogP contribution in [0.2, 0.25) is 0 Å². The van der Waals surface area contributed by atoms with E-state index >= 15 is 0 Å². The molecule has 0 radical (unpaired) electrons. The molecule has 0 saturated carbocycles. The number of carbonyl (C=O) groups is 1. The van der Waals surface area contributed by atoms with Crippen molar-refractivity contribution in [1.82, 2.24) is 9.97 Å². The number of hydrogen-bond acceptors (Lipinski definition) is 4. The summed E-state index contributed by atoms with van der Waals surface area (Å²) in [5, 5.41) is 6.80. The van der Waals surface area contributed by atoms with E-state index in [2.05, 4.69) is 15.3 Å². The SMILES string of the molecule is NC(Cc1ccccc1)C(=O)Nc1cc(-c2ccnc3[nH]ccc23)cs1. The molecule has 0 saturated heterocycles. The van der Waals surface area contributed by atoms with Crippen molar-refractivity contribution in [2.24, 2.45) is 5.73 Å². The van der Waals surface area contributed by atoms with Gasteiger partial charge in [-0.1, -0.05) is 30.3 Å². The van der Waals surface area contributed by atoms with Crippen LogP contribution in [0.1, 0.15) is 5.56 Å². The number of anilines is 1. The zero-order chi connectivity index (χ0) is 17.9. The van der Waals surface area contributed by atoms with Crippen LogP contribution in [-0.4, -0.2) is 21.9 Å². The normalized spacial score (nSPS) is 12.2. The zero-order valence-electron chi connectivity index (χ0n) is 14.0. The third kappa shape index (κ3) is 3.37. The Labute approximate surface area is 154 Å². The third-order valence-electron chi connectivity index (χ3n) is 4.25. The van der Waals surface area contributed by atoms with E-state index in [1.54, 1.807) is 6.20 Å². The van der Waals surface area contributed by atoms with E-state index in [0.29, 0.717) is 6.42 Å². The standard InChI is InChI=1S/C20H18N4OS/c21-17(10-13-4-2-1-3-5-13)20(25)24-18-11-14(12-26-18)15-6-8-22-19-16(15)7-9-23-19/h1-9,11-12,17H,10,21H2,(H,22,23)(H,24,25). The first-order valence-electron chi connectivity index (χ1n) is 8.32. The molecule has 1 aromatic carbocycles. The minimum absolute atomic E-state index is 0.177. The number of thiophene rings is 1. The van der Waals surface area contributed by atoms with Gasteiger partial charge >= 0.3 is 0 Å². The number of nitrogens with zero attached hydrogens (tertiary/aromatic N) is 1. The first-order valence-corrected chi connectivity index (χ1v) is 9.20. The second-order valence-corrected chi connectivity index (χ2v) is 6.99. The van der Waals surface area contributed by atoms with Crippen molar-refractivity contribution in [3.8, 4) is 11.1 Å². The summed E-state index contributed by atoms with van der Waals surface area (Å²) in [5.41, 5.74) is 10.1. The lowest BCUT2D eigenvalue weighted by atomic mass is 10.1. The number of hydrogen-bond donors (Lipinski definition) is 3. The Morgan fingerprint density at radius 2 is 2.08 bits per heavy atom. The van der Waals surface area contributed by atoms with Gasteiger partial charge in [0.05, 0.1) is 11.0 Å². The minimum Gasteiger partial charge on any atom is -0.346 e. The van der Waals surface area contributed by atoms with E-state index in [-0.39, 0.29) is 5.91 Å². The van der Waals surface area contributed by atoms with Crippen LogP contribution < -0.4 is 11.1 Å². The second-order valence-electron chi connectivity index (χ2n) is 6.08. The number of nitrogens with one attached hydrogen (secondary N) is 2. The highest BCUT2D eigenvalue weighted by Crippen LogP contribution is 2.33. The molecule has 0 bridgehead atoms. The predicted molar refractivity (Wildman–Crippen MR) is 106 cm³/mol. The van der Waals surface area contributed by atoms with Crippen LogP contribution in [0.15, 0.2) is 66.3 Å². The number of rotatable bonds is 5. The van der Waals surface area contributed by atoms with Gasteiger partial charge in [-0.2, -0.15) is 0 Å². The maximum absolute atomic E-state index is 12.4. The number of nitrogens with two attached hydrogens (primary N) is 1. The quantitative estimate of drug-likeness (QED) is 0.505. The average Bonchev–Trinajstić information content (AvgIpc) is 3.31. The van der Waals surface area contributed by atoms with Crippen molar-refractivity contribution in [1.29, 1.82) is 0 Å². The van der Waals surface area contributed by atoms with E-state index in [0.717, 1.165) is 32.7 Å². The first-order chi connectivity index (χ1) is 12.7. The molecule has 3 aromatic heterocycles. The summed E-state index contributed by atoms with van der Waals surface area (Å²) >= 11 is 1.49. The van der Waals surface area contributed by atoms with Gasteiger partial charge in [-0.25, -0.2) is 4.98 Å². The highest BCUT2D eigenvalue weighted by molar-refractivity contribution is 7.14. The minimum atomic E-state index is -0.583. The molecule has 5 nitrogen and oxygen atoms in total. The number of fused-ring (bicyclic) bond motifs is 1. The maximum Gasteiger partial charge on any atom is 0.242 e. The molecule has 4 aromatic rings. The zero-order valence-corrected chi connectivity index (χ0v) is 14.8. The summed E-state index contributed by atoms with van der Waals surface area (Å²) in [7, 11) is 0. The van der Waals surface area contributed by atoms with E-state index < -0.39 is 6.04 Å². The van der Waals surface area contributed by atoms with Crippen molar-refractivity contribution >= 4 is 33.3 Å². The molecular weight excluding hydrogens is 344 g/mol. The average molecular weight is 362 g/mol. The Morgan fingerprint density at radius 3 is 2.92 bits per heavy atom. The summed E-state index contributed by atoms with van der Waals surface area (Å²) in [6, 6.07) is 15.2. The molecule has 0 aliphatic heterocycles. The van der Waals surface area contributed by atoms with E-state index in [1.165, 1.54) is 11.3 Å². The van der Waals surface area contributed by atoms with Crippen LogP contribution in [0, 0.1) is 0 Å². The Morgan fingerprint density at radius 1 is 1.23 bits per heavy atom. The predicted octanol–water partition coefficient (Wildman–Crippen LogP) is 3.80. The molecule has 130 valence electrons. The molecule has 1 amide bonds. The lowest BCUT2D eigenvalue weighted by Gasteiger charge is -2.11. The Bertz CT molecular complexity index is 1040. The van der Waals surface area contributed by atoms with Crippen molar-refractivity contribution in [2.45, 2.75) is 12.5 Å². The summed E-state index contributed by atoms with van der Waals surface area (Å²) in [5.74, 6) is -0.177. The maximum atomic E-state index is 12.4. The van der Waals surface area contributed by atoms with Gasteiger partial charge in [0.1, 0.15) is 5.65 Å². The molecule has 26 heavy (non-hydrogen) atoms. The second kappa shape index (κ2) is 7.11. The number of amides is 1. The van der Waals surface area contributed by atoms with Crippen LogP contribution in [0.25, 0.3) is 22.2 Å². The molecule has 0 aliphatic rings. The van der Waals surface area contributed by atoms with Crippen LogP contribution in [0.5, 0.6) is 0 Å². The van der Waals surface area contributed by atoms with Crippen LogP contribution in [0.3, 0.4) is 0 Å². The first kappa shape index (κ1) is 16.5. The van der Waals surface area contributed by atoms with E-state index in [4.69, 9.17) is 5.73 Å². The van der Waals surface area contributed by atoms with Crippen LogP contribution >= 0.6 is 11.3 Å². The summed E-state index contributed by atoms with van der Waals surface area (Å²) in [6.45, 7) is 0. The fraction of sp³-hybridized carbons (Fsp3) is 0.100. The topological polar surface area (TPSA) is 83.8 Å². The number of pyridine rings is 1. The van der Waals surface area contributed by atoms with Gasteiger partial charge in [-0.15, -0.1) is 11.3 Å². The molecule has 0 aliphatic carbocycles. The fourth-order valence-electron chi connectivity index (χ4n) is 2.93. The molecule has 4 N–H and O–H groups in total. The number of H-pyrrole nitrogens is 1. The van der Waals surface area contributed by atoms with Gasteiger partial charge in [-0.05, 0) is 41.3 Å². The Kier molecular flexibility index (Phi) is 4.51. The largest absolute Gasteiger partial charge is 0.346 e. The van der Waals surface area contributed by atoms with Gasteiger partial charge in [0.25, 0.3) is 0 Å². The lowest BCUT2D eigenvalue weighted by molar-refractivity contribution is -0.117. The fourth-order valence-corrected chi connectivity index (χ4v) is 3.73. The number of carbonyl (C=O) groups excluding carboxylic acids is 1. The smallest absolute Gasteiger partial charge is 0.242 e. The monoisotopic (exact) mass is 362 g/mol. The molecule has 1 unspecified atom stereocenters. The van der Waals surface area contributed by atoms with Gasteiger partial charge < -0.3 is 16.0 Å². The van der Waals surface area contributed by atoms with Gasteiger partial charge in [0.2, 0.25) is 5.91 Å². The number of benzene rings is 1. The molecule has 4 rings (SSSR count).